The van der Waals surface area contributed by atoms with Crippen LogP contribution in [0, 0.1) is 0 Å². The second kappa shape index (κ2) is 9.89. The van der Waals surface area contributed by atoms with Crippen LogP contribution in [0.2, 0.25) is 0 Å². The lowest BCUT2D eigenvalue weighted by Crippen LogP contribution is -2.29. The molecule has 2 aromatic carbocycles. The van der Waals surface area contributed by atoms with Crippen molar-refractivity contribution in [2.75, 3.05) is 19.5 Å². The first-order chi connectivity index (χ1) is 12.5. The van der Waals surface area contributed by atoms with Crippen LogP contribution < -0.4 is 0 Å². The zero-order valence-corrected chi connectivity index (χ0v) is 16.6. The first-order valence-corrected chi connectivity index (χ1v) is 10.7. The van der Waals surface area contributed by atoms with Crippen LogP contribution in [-0.4, -0.2) is 29.5 Å². The lowest BCUT2D eigenvalue weighted by atomic mass is 10.1. The molecule has 1 atom stereocenters. The highest BCUT2D eigenvalue weighted by molar-refractivity contribution is 7.53. The molecule has 0 saturated heterocycles. The molecule has 1 N–H and O–H groups in total. The summed E-state index contributed by atoms with van der Waals surface area (Å²) in [6.07, 6.45) is 0.152. The molecular formula is C20H28NO4P. The number of benzene rings is 2. The van der Waals surface area contributed by atoms with E-state index in [-0.39, 0.29) is 18.1 Å². The molecular weight excluding hydrogens is 349 g/mol. The predicted molar refractivity (Wildman–Crippen MR) is 104 cm³/mol. The van der Waals surface area contributed by atoms with Crippen molar-refractivity contribution in [3.63, 3.8) is 0 Å². The van der Waals surface area contributed by atoms with Crippen LogP contribution in [-0.2, 0) is 20.2 Å². The van der Waals surface area contributed by atoms with Crippen molar-refractivity contribution < 1.29 is 18.7 Å². The fourth-order valence-corrected chi connectivity index (χ4v) is 4.66. The topological polar surface area (TPSA) is 59.0 Å². The minimum Gasteiger partial charge on any atom is -0.508 e. The average molecular weight is 377 g/mol. The molecule has 2 aromatic rings. The van der Waals surface area contributed by atoms with E-state index in [1.807, 2.05) is 47.4 Å². The van der Waals surface area contributed by atoms with E-state index in [1.165, 1.54) is 0 Å². The Morgan fingerprint density at radius 2 is 1.58 bits per heavy atom. The smallest absolute Gasteiger partial charge is 0.344 e. The third-order valence-corrected chi connectivity index (χ3v) is 6.21. The fraction of sp³-hybridized carbons (Fsp3) is 0.400. The van der Waals surface area contributed by atoms with Crippen molar-refractivity contribution in [3.05, 3.63) is 65.7 Å². The molecule has 5 nitrogen and oxygen atoms in total. The summed E-state index contributed by atoms with van der Waals surface area (Å²) in [5, 5.41) is 10.2. The van der Waals surface area contributed by atoms with Gasteiger partial charge in [-0.1, -0.05) is 48.5 Å². The summed E-state index contributed by atoms with van der Waals surface area (Å²) in [5.41, 5.74) is 1.87. The molecule has 2 rings (SSSR count). The van der Waals surface area contributed by atoms with Gasteiger partial charge in [0.15, 0.2) is 0 Å². The number of hydrogen-bond acceptors (Lipinski definition) is 5. The van der Waals surface area contributed by atoms with Gasteiger partial charge in [-0.05, 0) is 32.4 Å². The summed E-state index contributed by atoms with van der Waals surface area (Å²) in [7, 11) is -3.26. The maximum absolute atomic E-state index is 13.1. The lowest BCUT2D eigenvalue weighted by Gasteiger charge is -2.32. The number of hydrogen-bond donors (Lipinski definition) is 1. The van der Waals surface area contributed by atoms with Crippen LogP contribution in [0.3, 0.4) is 0 Å². The molecule has 0 saturated carbocycles. The molecule has 0 aromatic heterocycles. The maximum Gasteiger partial charge on any atom is 0.344 e. The van der Waals surface area contributed by atoms with Gasteiger partial charge in [0.05, 0.1) is 13.2 Å². The normalized spacial score (nSPS) is 13.1. The molecule has 0 aliphatic carbocycles. The number of nitrogens with zero attached hydrogens (tertiary/aromatic N) is 1. The zero-order chi connectivity index (χ0) is 19.0. The quantitative estimate of drug-likeness (QED) is 0.578. The number of rotatable bonds is 10. The summed E-state index contributed by atoms with van der Waals surface area (Å²) in [6, 6.07) is 17.2. The SMILES string of the molecule is CCOP(=O)(CN(Cc1ccccc1O)[C@@H](C)c1ccccc1)OCC. The van der Waals surface area contributed by atoms with Crippen molar-refractivity contribution >= 4 is 7.60 Å². The summed E-state index contributed by atoms with van der Waals surface area (Å²) >= 11 is 0. The zero-order valence-electron chi connectivity index (χ0n) is 15.7. The van der Waals surface area contributed by atoms with Gasteiger partial charge < -0.3 is 14.2 Å². The molecule has 142 valence electrons. The number of para-hydroxylation sites is 1. The van der Waals surface area contributed by atoms with Gasteiger partial charge in [0.2, 0.25) is 0 Å². The van der Waals surface area contributed by atoms with Crippen LogP contribution in [0.15, 0.2) is 54.6 Å². The number of aromatic hydroxyl groups is 1. The monoisotopic (exact) mass is 377 g/mol. The third-order valence-electron chi connectivity index (χ3n) is 4.20. The second-order valence-electron chi connectivity index (χ2n) is 6.05. The molecule has 0 aliphatic rings. The van der Waals surface area contributed by atoms with Gasteiger partial charge in [0.1, 0.15) is 12.0 Å². The van der Waals surface area contributed by atoms with E-state index in [0.29, 0.717) is 19.8 Å². The molecule has 0 unspecified atom stereocenters. The van der Waals surface area contributed by atoms with Crippen molar-refractivity contribution in [2.45, 2.75) is 33.4 Å². The fourth-order valence-electron chi connectivity index (χ4n) is 2.85. The van der Waals surface area contributed by atoms with Crippen molar-refractivity contribution in [1.29, 1.82) is 0 Å². The molecule has 0 radical (unpaired) electrons. The Labute approximate surface area is 156 Å². The van der Waals surface area contributed by atoms with Crippen molar-refractivity contribution in [1.82, 2.24) is 4.90 Å². The lowest BCUT2D eigenvalue weighted by molar-refractivity contribution is 0.172. The minimum absolute atomic E-state index is 0.0231. The molecule has 0 heterocycles. The third kappa shape index (κ3) is 5.68. The first-order valence-electron chi connectivity index (χ1n) is 8.93. The van der Waals surface area contributed by atoms with Gasteiger partial charge in [-0.2, -0.15) is 0 Å². The summed E-state index contributed by atoms with van der Waals surface area (Å²) in [5.74, 6) is 0.223. The van der Waals surface area contributed by atoms with Gasteiger partial charge in [0, 0.05) is 18.2 Å². The predicted octanol–water partition coefficient (Wildman–Crippen LogP) is 5.18. The van der Waals surface area contributed by atoms with E-state index in [9.17, 15) is 9.67 Å². The Hall–Kier alpha value is -1.65. The van der Waals surface area contributed by atoms with E-state index in [1.54, 1.807) is 26.0 Å². The van der Waals surface area contributed by atoms with Gasteiger partial charge in [-0.25, -0.2) is 0 Å². The highest BCUT2D eigenvalue weighted by Crippen LogP contribution is 2.50. The van der Waals surface area contributed by atoms with E-state index in [2.05, 4.69) is 6.92 Å². The van der Waals surface area contributed by atoms with E-state index >= 15 is 0 Å². The number of phenols is 1. The molecule has 0 bridgehead atoms. The minimum atomic E-state index is -3.26. The van der Waals surface area contributed by atoms with Gasteiger partial charge in [-0.15, -0.1) is 0 Å². The Morgan fingerprint density at radius 3 is 2.15 bits per heavy atom. The van der Waals surface area contributed by atoms with Gasteiger partial charge in [-0.3, -0.25) is 9.46 Å². The van der Waals surface area contributed by atoms with Crippen LogP contribution in [0.25, 0.3) is 0 Å². The standard InChI is InChI=1S/C20H28NO4P/c1-4-24-26(23,25-5-2)16-21(15-19-13-9-10-14-20(19)22)17(3)18-11-7-6-8-12-18/h6-14,17,22H,4-5,15-16H2,1-3H3/t17-/m0/s1. The Balaban J connectivity index is 2.31. The highest BCUT2D eigenvalue weighted by atomic mass is 31.2. The summed E-state index contributed by atoms with van der Waals surface area (Å²) < 4.78 is 24.1. The van der Waals surface area contributed by atoms with Gasteiger partial charge in [0.25, 0.3) is 0 Å². The molecule has 26 heavy (non-hydrogen) atoms. The molecule has 0 fully saturated rings. The summed E-state index contributed by atoms with van der Waals surface area (Å²) in [6.45, 7) is 6.74. The van der Waals surface area contributed by atoms with Crippen molar-refractivity contribution in [2.24, 2.45) is 0 Å². The summed E-state index contributed by atoms with van der Waals surface area (Å²) in [4.78, 5) is 2.02. The van der Waals surface area contributed by atoms with Crippen LogP contribution >= 0.6 is 7.60 Å². The van der Waals surface area contributed by atoms with Crippen LogP contribution in [0.5, 0.6) is 5.75 Å². The van der Waals surface area contributed by atoms with E-state index in [0.717, 1.165) is 11.1 Å². The largest absolute Gasteiger partial charge is 0.508 e. The van der Waals surface area contributed by atoms with Gasteiger partial charge >= 0.3 is 7.60 Å². The molecule has 0 aliphatic heterocycles. The molecule has 0 spiro atoms. The average Bonchev–Trinajstić information content (AvgIpc) is 2.63. The maximum atomic E-state index is 13.1. The van der Waals surface area contributed by atoms with Crippen LogP contribution in [0.4, 0.5) is 0 Å². The van der Waals surface area contributed by atoms with E-state index in [4.69, 9.17) is 9.05 Å². The second-order valence-corrected chi connectivity index (χ2v) is 8.07. The Morgan fingerprint density at radius 1 is 1.00 bits per heavy atom. The first kappa shape index (κ1) is 20.7. The van der Waals surface area contributed by atoms with E-state index < -0.39 is 7.60 Å². The molecule has 6 heteroatoms. The number of phenolic OH excluding ortho intramolecular Hbond substituents is 1. The Kier molecular flexibility index (Phi) is 7.85. The van der Waals surface area contributed by atoms with Crippen molar-refractivity contribution in [3.8, 4) is 5.75 Å². The Bertz CT molecular complexity index is 713. The molecule has 0 amide bonds. The van der Waals surface area contributed by atoms with Crippen LogP contribution in [0.1, 0.15) is 37.9 Å². The highest BCUT2D eigenvalue weighted by Gasteiger charge is 2.30.